The SMILES string of the molecule is Cc1nc(C(=O)NC2CCN(C(=O)c3ccccc3F)CC2)nn1-c1ccc(Cl)cc1. The van der Waals surface area contributed by atoms with Crippen molar-refractivity contribution in [3.8, 4) is 5.69 Å². The van der Waals surface area contributed by atoms with Gasteiger partial charge in [-0.15, -0.1) is 5.10 Å². The summed E-state index contributed by atoms with van der Waals surface area (Å²) in [5.74, 6) is -0.563. The van der Waals surface area contributed by atoms with Gasteiger partial charge in [-0.1, -0.05) is 23.7 Å². The second-order valence-corrected chi connectivity index (χ2v) is 7.83. The second kappa shape index (κ2) is 8.85. The molecule has 4 rings (SSSR count). The van der Waals surface area contributed by atoms with Gasteiger partial charge in [0.2, 0.25) is 5.82 Å². The summed E-state index contributed by atoms with van der Waals surface area (Å²) in [4.78, 5) is 31.1. The molecule has 1 fully saturated rings. The molecular formula is C22H21ClFN5O2. The zero-order valence-electron chi connectivity index (χ0n) is 16.9. The third kappa shape index (κ3) is 4.59. The van der Waals surface area contributed by atoms with E-state index < -0.39 is 5.82 Å². The molecule has 31 heavy (non-hydrogen) atoms. The molecule has 3 aromatic rings. The van der Waals surface area contributed by atoms with E-state index in [0.29, 0.717) is 36.8 Å². The van der Waals surface area contributed by atoms with Crippen molar-refractivity contribution in [3.63, 3.8) is 0 Å². The topological polar surface area (TPSA) is 80.1 Å². The largest absolute Gasteiger partial charge is 0.346 e. The lowest BCUT2D eigenvalue weighted by atomic mass is 10.0. The predicted molar refractivity (Wildman–Crippen MR) is 114 cm³/mol. The highest BCUT2D eigenvalue weighted by Crippen LogP contribution is 2.17. The molecule has 2 heterocycles. The number of amides is 2. The van der Waals surface area contributed by atoms with Crippen molar-refractivity contribution in [1.82, 2.24) is 25.0 Å². The molecule has 1 aromatic heterocycles. The summed E-state index contributed by atoms with van der Waals surface area (Å²) in [6, 6.07) is 12.9. The third-order valence-electron chi connectivity index (χ3n) is 5.26. The summed E-state index contributed by atoms with van der Waals surface area (Å²) in [5.41, 5.74) is 0.825. The van der Waals surface area contributed by atoms with Gasteiger partial charge < -0.3 is 10.2 Å². The van der Waals surface area contributed by atoms with Crippen LogP contribution in [0.25, 0.3) is 5.69 Å². The van der Waals surface area contributed by atoms with E-state index in [-0.39, 0.29) is 29.2 Å². The molecule has 0 radical (unpaired) electrons. The average Bonchev–Trinajstić information content (AvgIpc) is 3.16. The van der Waals surface area contributed by atoms with Crippen molar-refractivity contribution in [2.45, 2.75) is 25.8 Å². The lowest BCUT2D eigenvalue weighted by molar-refractivity contribution is 0.0693. The van der Waals surface area contributed by atoms with Crippen LogP contribution in [0.1, 0.15) is 39.6 Å². The van der Waals surface area contributed by atoms with E-state index in [9.17, 15) is 14.0 Å². The van der Waals surface area contributed by atoms with Gasteiger partial charge in [0.25, 0.3) is 11.8 Å². The molecule has 0 saturated carbocycles. The maximum absolute atomic E-state index is 13.9. The molecule has 0 spiro atoms. The molecule has 160 valence electrons. The van der Waals surface area contributed by atoms with Crippen molar-refractivity contribution in [3.05, 3.63) is 76.6 Å². The van der Waals surface area contributed by atoms with Crippen LogP contribution in [0.15, 0.2) is 48.5 Å². The standard InChI is InChI=1S/C22H21ClFN5O2/c1-14-25-20(27-29(14)17-8-6-15(23)7-9-17)21(30)26-16-10-12-28(13-11-16)22(31)18-4-2-3-5-19(18)24/h2-9,16H,10-13H2,1H3,(H,26,30). The number of rotatable bonds is 4. The van der Waals surface area contributed by atoms with Crippen molar-refractivity contribution < 1.29 is 14.0 Å². The summed E-state index contributed by atoms with van der Waals surface area (Å²) in [5, 5.41) is 7.86. The summed E-state index contributed by atoms with van der Waals surface area (Å²) in [6.45, 7) is 2.64. The second-order valence-electron chi connectivity index (χ2n) is 7.39. The van der Waals surface area contributed by atoms with Gasteiger partial charge in [0.15, 0.2) is 0 Å². The molecule has 2 amide bonds. The molecular weight excluding hydrogens is 421 g/mol. The van der Waals surface area contributed by atoms with Crippen LogP contribution in [0.4, 0.5) is 4.39 Å². The third-order valence-corrected chi connectivity index (χ3v) is 5.52. The molecule has 0 unspecified atom stereocenters. The Morgan fingerprint density at radius 3 is 2.45 bits per heavy atom. The molecule has 1 N–H and O–H groups in total. The number of benzene rings is 2. The Balaban J connectivity index is 1.36. The Hall–Kier alpha value is -3.26. The number of nitrogens with zero attached hydrogens (tertiary/aromatic N) is 4. The molecule has 0 bridgehead atoms. The Labute approximate surface area is 183 Å². The minimum atomic E-state index is -0.527. The van der Waals surface area contributed by atoms with Crippen LogP contribution in [-0.4, -0.2) is 50.6 Å². The quantitative estimate of drug-likeness (QED) is 0.673. The first-order valence-corrected chi connectivity index (χ1v) is 10.3. The van der Waals surface area contributed by atoms with E-state index in [1.54, 1.807) is 52.9 Å². The fourth-order valence-electron chi connectivity index (χ4n) is 3.59. The van der Waals surface area contributed by atoms with E-state index in [1.165, 1.54) is 12.1 Å². The minimum absolute atomic E-state index is 0.0670. The van der Waals surface area contributed by atoms with Crippen molar-refractivity contribution in [2.24, 2.45) is 0 Å². The van der Waals surface area contributed by atoms with E-state index in [1.807, 2.05) is 0 Å². The molecule has 0 atom stereocenters. The van der Waals surface area contributed by atoms with E-state index in [2.05, 4.69) is 15.4 Å². The smallest absolute Gasteiger partial charge is 0.291 e. The zero-order chi connectivity index (χ0) is 22.0. The van der Waals surface area contributed by atoms with Crippen LogP contribution in [0.5, 0.6) is 0 Å². The molecule has 1 aliphatic heterocycles. The van der Waals surface area contributed by atoms with E-state index in [0.717, 1.165) is 5.69 Å². The normalized spacial score (nSPS) is 14.5. The van der Waals surface area contributed by atoms with Gasteiger partial charge in [-0.3, -0.25) is 9.59 Å². The number of nitrogens with one attached hydrogen (secondary N) is 1. The Morgan fingerprint density at radius 1 is 1.10 bits per heavy atom. The summed E-state index contributed by atoms with van der Waals surface area (Å²) < 4.78 is 15.5. The Kier molecular flexibility index (Phi) is 5.99. The minimum Gasteiger partial charge on any atom is -0.346 e. The maximum atomic E-state index is 13.9. The van der Waals surface area contributed by atoms with Gasteiger partial charge in [0.1, 0.15) is 11.6 Å². The number of carbonyl (C=O) groups is 2. The van der Waals surface area contributed by atoms with Crippen molar-refractivity contribution in [2.75, 3.05) is 13.1 Å². The van der Waals surface area contributed by atoms with Crippen LogP contribution < -0.4 is 5.32 Å². The molecule has 0 aliphatic carbocycles. The van der Waals surface area contributed by atoms with Gasteiger partial charge in [0, 0.05) is 24.2 Å². The number of halogens is 2. The summed E-state index contributed by atoms with van der Waals surface area (Å²) in [7, 11) is 0. The summed E-state index contributed by atoms with van der Waals surface area (Å²) >= 11 is 5.92. The lowest BCUT2D eigenvalue weighted by Gasteiger charge is -2.32. The van der Waals surface area contributed by atoms with Crippen LogP contribution >= 0.6 is 11.6 Å². The van der Waals surface area contributed by atoms with Crippen LogP contribution in [-0.2, 0) is 0 Å². The van der Waals surface area contributed by atoms with Crippen LogP contribution in [0.3, 0.4) is 0 Å². The first kappa shape index (κ1) is 21.0. The van der Waals surface area contributed by atoms with Crippen LogP contribution in [0, 0.1) is 12.7 Å². The highest BCUT2D eigenvalue weighted by molar-refractivity contribution is 6.30. The van der Waals surface area contributed by atoms with Crippen molar-refractivity contribution >= 4 is 23.4 Å². The Bertz CT molecular complexity index is 1110. The highest BCUT2D eigenvalue weighted by Gasteiger charge is 2.27. The molecule has 1 aliphatic rings. The fourth-order valence-corrected chi connectivity index (χ4v) is 3.72. The summed E-state index contributed by atoms with van der Waals surface area (Å²) in [6.07, 6.45) is 1.14. The zero-order valence-corrected chi connectivity index (χ0v) is 17.6. The number of likely N-dealkylation sites (tertiary alicyclic amines) is 1. The number of carbonyl (C=O) groups excluding carboxylic acids is 2. The monoisotopic (exact) mass is 441 g/mol. The molecule has 1 saturated heterocycles. The van der Waals surface area contributed by atoms with Gasteiger partial charge in [-0.25, -0.2) is 14.1 Å². The van der Waals surface area contributed by atoms with Gasteiger partial charge in [-0.05, 0) is 56.2 Å². The lowest BCUT2D eigenvalue weighted by Crippen LogP contribution is -2.46. The number of aromatic nitrogens is 3. The molecule has 9 heteroatoms. The van der Waals surface area contributed by atoms with Gasteiger partial charge in [0.05, 0.1) is 11.3 Å². The number of hydrogen-bond donors (Lipinski definition) is 1. The maximum Gasteiger partial charge on any atom is 0.291 e. The first-order chi connectivity index (χ1) is 14.9. The molecule has 7 nitrogen and oxygen atoms in total. The number of piperidine rings is 1. The predicted octanol–water partition coefficient (Wildman–Crippen LogP) is 3.40. The Morgan fingerprint density at radius 2 is 1.77 bits per heavy atom. The highest BCUT2D eigenvalue weighted by atomic mass is 35.5. The van der Waals surface area contributed by atoms with Gasteiger partial charge >= 0.3 is 0 Å². The van der Waals surface area contributed by atoms with E-state index in [4.69, 9.17) is 11.6 Å². The van der Waals surface area contributed by atoms with Crippen LogP contribution in [0.2, 0.25) is 5.02 Å². The van der Waals surface area contributed by atoms with E-state index >= 15 is 0 Å². The average molecular weight is 442 g/mol. The number of hydrogen-bond acceptors (Lipinski definition) is 4. The number of aryl methyl sites for hydroxylation is 1. The van der Waals surface area contributed by atoms with Crippen molar-refractivity contribution in [1.29, 1.82) is 0 Å². The molecule has 2 aromatic carbocycles. The fraction of sp³-hybridized carbons (Fsp3) is 0.273. The first-order valence-electron chi connectivity index (χ1n) is 9.96. The van der Waals surface area contributed by atoms with Gasteiger partial charge in [-0.2, -0.15) is 0 Å².